The number of carbonyl (C=O) groups is 1. The largest absolute Gasteiger partial charge is 0.390 e. The van der Waals surface area contributed by atoms with E-state index in [1.54, 1.807) is 17.3 Å². The molecule has 5 nitrogen and oxygen atoms in total. The van der Waals surface area contributed by atoms with E-state index in [4.69, 9.17) is 0 Å². The molecule has 2 atom stereocenters. The molecule has 1 aliphatic heterocycles. The van der Waals surface area contributed by atoms with Gasteiger partial charge < -0.3 is 14.9 Å². The molecule has 0 bridgehead atoms. The van der Waals surface area contributed by atoms with Gasteiger partial charge in [0.25, 0.3) is 0 Å². The lowest BCUT2D eigenvalue weighted by Gasteiger charge is -2.21. The van der Waals surface area contributed by atoms with Gasteiger partial charge in [0.1, 0.15) is 0 Å². The second-order valence-corrected chi connectivity index (χ2v) is 5.26. The van der Waals surface area contributed by atoms with Crippen molar-refractivity contribution in [1.29, 1.82) is 0 Å². The van der Waals surface area contributed by atoms with Crippen LogP contribution in [0.2, 0.25) is 0 Å². The molecule has 104 valence electrons. The number of carbonyl (C=O) groups excluding carboxylic acids is 1. The molecule has 1 N–H and O–H groups in total. The molecule has 2 heterocycles. The van der Waals surface area contributed by atoms with Gasteiger partial charge in [-0.05, 0) is 32.1 Å². The molecule has 0 unspecified atom stereocenters. The van der Waals surface area contributed by atoms with Crippen molar-refractivity contribution in [2.45, 2.75) is 25.0 Å². The van der Waals surface area contributed by atoms with Crippen LogP contribution in [0.3, 0.4) is 0 Å². The Bertz CT molecular complexity index is 422. The highest BCUT2D eigenvalue weighted by Crippen LogP contribution is 2.15. The minimum absolute atomic E-state index is 0.0438. The first-order valence-electron chi connectivity index (χ1n) is 6.59. The van der Waals surface area contributed by atoms with E-state index >= 15 is 0 Å². The number of aromatic nitrogens is 1. The molecule has 0 spiro atoms. The average molecular weight is 263 g/mol. The topological polar surface area (TPSA) is 56.7 Å². The van der Waals surface area contributed by atoms with E-state index in [1.165, 1.54) is 0 Å². The van der Waals surface area contributed by atoms with E-state index in [0.717, 1.165) is 5.56 Å². The molecule has 0 radical (unpaired) electrons. The second kappa shape index (κ2) is 6.12. The molecular formula is C14H21N3O2. The Hall–Kier alpha value is -1.46. The van der Waals surface area contributed by atoms with E-state index < -0.39 is 6.10 Å². The number of β-amino-alcohol motifs (C(OH)–C–C–N with tert-alkyl or cyclic N) is 1. The Balaban J connectivity index is 1.85. The summed E-state index contributed by atoms with van der Waals surface area (Å²) in [5, 5.41) is 9.92. The fourth-order valence-corrected chi connectivity index (χ4v) is 2.44. The Morgan fingerprint density at radius 3 is 2.89 bits per heavy atom. The summed E-state index contributed by atoms with van der Waals surface area (Å²) in [6.07, 6.45) is 4.24. The highest BCUT2D eigenvalue weighted by atomic mass is 16.3. The molecule has 0 aromatic carbocycles. The van der Waals surface area contributed by atoms with Gasteiger partial charge in [-0.1, -0.05) is 6.07 Å². The SMILES string of the molecule is CN(C)[C@@H]1CN(C(=O)CCc2cccnc2)C[C@H]1O. The van der Waals surface area contributed by atoms with Gasteiger partial charge in [-0.2, -0.15) is 0 Å². The number of rotatable bonds is 4. The van der Waals surface area contributed by atoms with Gasteiger partial charge in [0.15, 0.2) is 0 Å². The van der Waals surface area contributed by atoms with Crippen LogP contribution < -0.4 is 0 Å². The number of hydrogen-bond acceptors (Lipinski definition) is 4. The number of likely N-dealkylation sites (tertiary alicyclic amines) is 1. The summed E-state index contributed by atoms with van der Waals surface area (Å²) >= 11 is 0. The number of likely N-dealkylation sites (N-methyl/N-ethyl adjacent to an activating group) is 1. The van der Waals surface area contributed by atoms with Crippen LogP contribution in [0.5, 0.6) is 0 Å². The van der Waals surface area contributed by atoms with Gasteiger partial charge in [-0.25, -0.2) is 0 Å². The number of nitrogens with zero attached hydrogens (tertiary/aromatic N) is 3. The van der Waals surface area contributed by atoms with Gasteiger partial charge in [0, 0.05) is 31.9 Å². The molecule has 0 aliphatic carbocycles. The number of pyridine rings is 1. The van der Waals surface area contributed by atoms with E-state index in [1.807, 2.05) is 31.1 Å². The molecule has 1 amide bonds. The highest BCUT2D eigenvalue weighted by Gasteiger charge is 2.34. The first-order chi connectivity index (χ1) is 9.08. The van der Waals surface area contributed by atoms with Crippen LogP contribution in [-0.4, -0.2) is 65.1 Å². The third-order valence-corrected chi connectivity index (χ3v) is 3.63. The molecule has 1 aromatic heterocycles. The summed E-state index contributed by atoms with van der Waals surface area (Å²) in [6, 6.07) is 3.89. The predicted molar refractivity (Wildman–Crippen MR) is 72.6 cm³/mol. The molecule has 1 aromatic rings. The normalized spacial score (nSPS) is 23.1. The van der Waals surface area contributed by atoms with Gasteiger partial charge in [0.05, 0.1) is 12.1 Å². The van der Waals surface area contributed by atoms with Crippen LogP contribution in [0.15, 0.2) is 24.5 Å². The number of amides is 1. The van der Waals surface area contributed by atoms with Crippen LogP contribution >= 0.6 is 0 Å². The quantitative estimate of drug-likeness (QED) is 0.840. The number of hydrogen-bond donors (Lipinski definition) is 1. The van der Waals surface area contributed by atoms with Crippen LogP contribution in [-0.2, 0) is 11.2 Å². The third kappa shape index (κ3) is 3.52. The maximum absolute atomic E-state index is 12.1. The van der Waals surface area contributed by atoms with Crippen molar-refractivity contribution in [3.8, 4) is 0 Å². The monoisotopic (exact) mass is 263 g/mol. The number of aliphatic hydroxyl groups excluding tert-OH is 1. The van der Waals surface area contributed by atoms with Crippen LogP contribution in [0.4, 0.5) is 0 Å². The van der Waals surface area contributed by atoms with Gasteiger partial charge >= 0.3 is 0 Å². The summed E-state index contributed by atoms with van der Waals surface area (Å²) in [5.41, 5.74) is 1.07. The second-order valence-electron chi connectivity index (χ2n) is 5.26. The van der Waals surface area contributed by atoms with E-state index in [0.29, 0.717) is 25.9 Å². The summed E-state index contributed by atoms with van der Waals surface area (Å²) in [4.78, 5) is 19.9. The van der Waals surface area contributed by atoms with Crippen LogP contribution in [0, 0.1) is 0 Å². The Morgan fingerprint density at radius 2 is 2.32 bits per heavy atom. The van der Waals surface area contributed by atoms with Crippen molar-refractivity contribution in [2.24, 2.45) is 0 Å². The highest BCUT2D eigenvalue weighted by molar-refractivity contribution is 5.77. The molecule has 19 heavy (non-hydrogen) atoms. The summed E-state index contributed by atoms with van der Waals surface area (Å²) in [5.74, 6) is 0.104. The van der Waals surface area contributed by atoms with Crippen molar-refractivity contribution in [3.63, 3.8) is 0 Å². The molecule has 1 saturated heterocycles. The smallest absolute Gasteiger partial charge is 0.223 e. The average Bonchev–Trinajstić information content (AvgIpc) is 2.79. The van der Waals surface area contributed by atoms with Gasteiger partial charge in [-0.15, -0.1) is 0 Å². The fraction of sp³-hybridized carbons (Fsp3) is 0.571. The Morgan fingerprint density at radius 1 is 1.53 bits per heavy atom. The van der Waals surface area contributed by atoms with E-state index in [9.17, 15) is 9.90 Å². The Labute approximate surface area is 113 Å². The summed E-state index contributed by atoms with van der Waals surface area (Å²) < 4.78 is 0. The first kappa shape index (κ1) is 14.0. The number of aryl methyl sites for hydroxylation is 1. The third-order valence-electron chi connectivity index (χ3n) is 3.63. The lowest BCUT2D eigenvalue weighted by Crippen LogP contribution is -2.38. The minimum atomic E-state index is -0.447. The zero-order valence-corrected chi connectivity index (χ0v) is 11.5. The molecule has 1 fully saturated rings. The number of aliphatic hydroxyl groups is 1. The molecule has 5 heteroatoms. The molecular weight excluding hydrogens is 242 g/mol. The molecule has 1 aliphatic rings. The molecule has 2 rings (SSSR count). The van der Waals surface area contributed by atoms with Gasteiger partial charge in [-0.3, -0.25) is 9.78 Å². The lowest BCUT2D eigenvalue weighted by molar-refractivity contribution is -0.130. The maximum Gasteiger partial charge on any atom is 0.223 e. The lowest BCUT2D eigenvalue weighted by atomic mass is 10.1. The van der Waals surface area contributed by atoms with E-state index in [-0.39, 0.29) is 11.9 Å². The summed E-state index contributed by atoms with van der Waals surface area (Å²) in [7, 11) is 3.86. The summed E-state index contributed by atoms with van der Waals surface area (Å²) in [6.45, 7) is 1.05. The van der Waals surface area contributed by atoms with Crippen molar-refractivity contribution >= 4 is 5.91 Å². The predicted octanol–water partition coefficient (Wildman–Crippen LogP) is 0.147. The van der Waals surface area contributed by atoms with Crippen LogP contribution in [0.25, 0.3) is 0 Å². The fourth-order valence-electron chi connectivity index (χ4n) is 2.44. The molecule has 0 saturated carbocycles. The van der Waals surface area contributed by atoms with Crippen molar-refractivity contribution < 1.29 is 9.90 Å². The van der Waals surface area contributed by atoms with E-state index in [2.05, 4.69) is 4.98 Å². The van der Waals surface area contributed by atoms with Gasteiger partial charge in [0.2, 0.25) is 5.91 Å². The maximum atomic E-state index is 12.1. The zero-order valence-electron chi connectivity index (χ0n) is 11.5. The van der Waals surface area contributed by atoms with Crippen molar-refractivity contribution in [1.82, 2.24) is 14.8 Å². The van der Waals surface area contributed by atoms with Crippen molar-refractivity contribution in [3.05, 3.63) is 30.1 Å². The van der Waals surface area contributed by atoms with Crippen LogP contribution in [0.1, 0.15) is 12.0 Å². The Kier molecular flexibility index (Phi) is 4.50. The zero-order chi connectivity index (χ0) is 13.8. The van der Waals surface area contributed by atoms with Crippen molar-refractivity contribution in [2.75, 3.05) is 27.2 Å². The minimum Gasteiger partial charge on any atom is -0.390 e. The standard InChI is InChI=1S/C14H21N3O2/c1-16(2)12-9-17(10-13(12)18)14(19)6-5-11-4-3-7-15-8-11/h3-4,7-8,12-13,18H,5-6,9-10H2,1-2H3/t12-,13-/m1/s1. The first-order valence-corrected chi connectivity index (χ1v) is 6.59.